The molecule has 104 valence electrons. The molecular weight excluding hydrogens is 266 g/mol. The van der Waals surface area contributed by atoms with Gasteiger partial charge in [-0.05, 0) is 13.0 Å². The van der Waals surface area contributed by atoms with Crippen LogP contribution in [0.15, 0.2) is 18.5 Å². The fourth-order valence-electron chi connectivity index (χ4n) is 2.06. The van der Waals surface area contributed by atoms with E-state index in [4.69, 9.17) is 16.3 Å². The van der Waals surface area contributed by atoms with Gasteiger partial charge < -0.3 is 10.1 Å². The van der Waals surface area contributed by atoms with Crippen molar-refractivity contribution in [2.75, 3.05) is 32.8 Å². The first kappa shape index (κ1) is 14.2. The number of halogens is 1. The van der Waals surface area contributed by atoms with Crippen molar-refractivity contribution < 1.29 is 9.53 Å². The van der Waals surface area contributed by atoms with Crippen molar-refractivity contribution in [1.29, 1.82) is 0 Å². The first-order valence-corrected chi connectivity index (χ1v) is 6.75. The van der Waals surface area contributed by atoms with Crippen molar-refractivity contribution in [3.8, 4) is 0 Å². The largest absolute Gasteiger partial charge is 0.379 e. The Morgan fingerprint density at radius 3 is 3.00 bits per heavy atom. The molecule has 1 amide bonds. The average molecular weight is 284 g/mol. The summed E-state index contributed by atoms with van der Waals surface area (Å²) >= 11 is 5.97. The zero-order valence-corrected chi connectivity index (χ0v) is 11.7. The van der Waals surface area contributed by atoms with Crippen molar-refractivity contribution in [3.63, 3.8) is 0 Å². The van der Waals surface area contributed by atoms with Gasteiger partial charge in [0, 0.05) is 38.1 Å². The van der Waals surface area contributed by atoms with Crippen LogP contribution in [0.4, 0.5) is 0 Å². The van der Waals surface area contributed by atoms with Gasteiger partial charge in [-0.1, -0.05) is 11.6 Å². The molecule has 1 unspecified atom stereocenters. The Bertz CT molecular complexity index is 436. The lowest BCUT2D eigenvalue weighted by Gasteiger charge is -2.29. The zero-order chi connectivity index (χ0) is 13.7. The molecule has 1 N–H and O–H groups in total. The molecule has 0 aromatic carbocycles. The molecular formula is C13H18ClN3O2. The lowest BCUT2D eigenvalue weighted by molar-refractivity contribution is 0.0342. The summed E-state index contributed by atoms with van der Waals surface area (Å²) in [6.45, 7) is 6.14. The smallest absolute Gasteiger partial charge is 0.254 e. The Balaban J connectivity index is 1.86. The van der Waals surface area contributed by atoms with Crippen LogP contribution in [0.1, 0.15) is 17.3 Å². The number of hydrogen-bond donors (Lipinski definition) is 1. The normalized spacial score (nSPS) is 18.0. The highest BCUT2D eigenvalue weighted by atomic mass is 35.5. The molecule has 1 saturated heterocycles. The Kier molecular flexibility index (Phi) is 5.13. The van der Waals surface area contributed by atoms with E-state index < -0.39 is 0 Å². The van der Waals surface area contributed by atoms with Gasteiger partial charge in [0.15, 0.2) is 0 Å². The van der Waals surface area contributed by atoms with Gasteiger partial charge in [0.1, 0.15) is 0 Å². The molecule has 1 aromatic heterocycles. The molecule has 0 radical (unpaired) electrons. The van der Waals surface area contributed by atoms with Crippen LogP contribution in [0.2, 0.25) is 5.02 Å². The standard InChI is InChI=1S/C13H18ClN3O2/c1-10(9-17-4-6-19-7-5-17)16-13(18)11-8-15-3-2-12(11)14/h2-3,8,10H,4-7,9H2,1H3,(H,16,18). The third-order valence-electron chi connectivity index (χ3n) is 3.03. The molecule has 0 spiro atoms. The highest BCUT2D eigenvalue weighted by Gasteiger charge is 2.17. The Morgan fingerprint density at radius 2 is 2.32 bits per heavy atom. The first-order chi connectivity index (χ1) is 9.16. The Labute approximate surface area is 117 Å². The number of ether oxygens (including phenoxy) is 1. The second-order valence-corrected chi connectivity index (χ2v) is 5.05. The first-order valence-electron chi connectivity index (χ1n) is 6.37. The molecule has 2 rings (SSSR count). The summed E-state index contributed by atoms with van der Waals surface area (Å²) < 4.78 is 5.29. The van der Waals surface area contributed by atoms with Gasteiger partial charge in [-0.3, -0.25) is 14.7 Å². The number of morpholine rings is 1. The zero-order valence-electron chi connectivity index (χ0n) is 10.9. The van der Waals surface area contributed by atoms with Crippen LogP contribution in [0, 0.1) is 0 Å². The summed E-state index contributed by atoms with van der Waals surface area (Å²) in [5, 5.41) is 3.36. The lowest BCUT2D eigenvalue weighted by atomic mass is 10.2. The van der Waals surface area contributed by atoms with E-state index in [1.165, 1.54) is 6.20 Å². The predicted molar refractivity (Wildman–Crippen MR) is 73.4 cm³/mol. The molecule has 5 nitrogen and oxygen atoms in total. The minimum Gasteiger partial charge on any atom is -0.379 e. The monoisotopic (exact) mass is 283 g/mol. The van der Waals surface area contributed by atoms with E-state index in [1.807, 2.05) is 6.92 Å². The molecule has 1 aliphatic rings. The summed E-state index contributed by atoms with van der Waals surface area (Å²) in [5.74, 6) is -0.182. The lowest BCUT2D eigenvalue weighted by Crippen LogP contribution is -2.46. The molecule has 2 heterocycles. The number of carbonyl (C=O) groups is 1. The minimum absolute atomic E-state index is 0.0573. The number of amides is 1. The van der Waals surface area contributed by atoms with Crippen LogP contribution in [-0.2, 0) is 4.74 Å². The van der Waals surface area contributed by atoms with Crippen molar-refractivity contribution in [3.05, 3.63) is 29.0 Å². The maximum Gasteiger partial charge on any atom is 0.254 e. The SMILES string of the molecule is CC(CN1CCOCC1)NC(=O)c1cnccc1Cl. The number of pyridine rings is 1. The van der Waals surface area contributed by atoms with Gasteiger partial charge in [-0.2, -0.15) is 0 Å². The number of hydrogen-bond acceptors (Lipinski definition) is 4. The van der Waals surface area contributed by atoms with Crippen molar-refractivity contribution in [2.24, 2.45) is 0 Å². The Hall–Kier alpha value is -1.17. The quantitative estimate of drug-likeness (QED) is 0.902. The predicted octanol–water partition coefficient (Wildman–Crippen LogP) is 1.19. The van der Waals surface area contributed by atoms with Gasteiger partial charge in [0.2, 0.25) is 0 Å². The van der Waals surface area contributed by atoms with Crippen LogP contribution in [0.5, 0.6) is 0 Å². The highest BCUT2D eigenvalue weighted by molar-refractivity contribution is 6.33. The number of nitrogens with one attached hydrogen (secondary N) is 1. The van der Waals surface area contributed by atoms with E-state index in [1.54, 1.807) is 12.3 Å². The molecule has 1 aliphatic heterocycles. The van der Waals surface area contributed by atoms with Crippen molar-refractivity contribution >= 4 is 17.5 Å². The van der Waals surface area contributed by atoms with Crippen LogP contribution >= 0.6 is 11.6 Å². The van der Waals surface area contributed by atoms with Crippen LogP contribution in [0.3, 0.4) is 0 Å². The molecule has 1 fully saturated rings. The molecule has 0 saturated carbocycles. The average Bonchev–Trinajstić information content (AvgIpc) is 2.40. The minimum atomic E-state index is -0.182. The van der Waals surface area contributed by atoms with Gasteiger partial charge >= 0.3 is 0 Å². The molecule has 19 heavy (non-hydrogen) atoms. The molecule has 0 bridgehead atoms. The number of aromatic nitrogens is 1. The summed E-state index contributed by atoms with van der Waals surface area (Å²) in [6.07, 6.45) is 3.05. The second-order valence-electron chi connectivity index (χ2n) is 4.64. The fraction of sp³-hybridized carbons (Fsp3) is 0.538. The van der Waals surface area contributed by atoms with Crippen molar-refractivity contribution in [1.82, 2.24) is 15.2 Å². The van der Waals surface area contributed by atoms with E-state index in [2.05, 4.69) is 15.2 Å². The number of nitrogens with zero attached hydrogens (tertiary/aromatic N) is 2. The van der Waals surface area contributed by atoms with Gasteiger partial charge in [0.25, 0.3) is 5.91 Å². The summed E-state index contributed by atoms with van der Waals surface area (Å²) in [7, 11) is 0. The van der Waals surface area contributed by atoms with E-state index in [0.29, 0.717) is 10.6 Å². The maximum absolute atomic E-state index is 12.0. The molecule has 0 aliphatic carbocycles. The molecule has 1 aromatic rings. The fourth-order valence-corrected chi connectivity index (χ4v) is 2.25. The van der Waals surface area contributed by atoms with Gasteiger partial charge in [0.05, 0.1) is 23.8 Å². The van der Waals surface area contributed by atoms with Gasteiger partial charge in [-0.15, -0.1) is 0 Å². The molecule has 6 heteroatoms. The van der Waals surface area contributed by atoms with Crippen LogP contribution in [-0.4, -0.2) is 54.7 Å². The van der Waals surface area contributed by atoms with Crippen molar-refractivity contribution in [2.45, 2.75) is 13.0 Å². The van der Waals surface area contributed by atoms with E-state index in [9.17, 15) is 4.79 Å². The van der Waals surface area contributed by atoms with Gasteiger partial charge in [-0.25, -0.2) is 0 Å². The summed E-state index contributed by atoms with van der Waals surface area (Å²) in [4.78, 5) is 18.2. The number of rotatable bonds is 4. The molecule has 1 atom stereocenters. The maximum atomic E-state index is 12.0. The second kappa shape index (κ2) is 6.84. The van der Waals surface area contributed by atoms with Crippen LogP contribution in [0.25, 0.3) is 0 Å². The third-order valence-corrected chi connectivity index (χ3v) is 3.36. The van der Waals surface area contributed by atoms with E-state index in [0.717, 1.165) is 32.8 Å². The Morgan fingerprint density at radius 1 is 1.58 bits per heavy atom. The van der Waals surface area contributed by atoms with E-state index >= 15 is 0 Å². The van der Waals surface area contributed by atoms with Crippen LogP contribution < -0.4 is 5.32 Å². The van der Waals surface area contributed by atoms with E-state index in [-0.39, 0.29) is 11.9 Å². The highest BCUT2D eigenvalue weighted by Crippen LogP contribution is 2.13. The third kappa shape index (κ3) is 4.16. The summed E-state index contributed by atoms with van der Waals surface area (Å²) in [6, 6.07) is 1.67. The topological polar surface area (TPSA) is 54.5 Å². The summed E-state index contributed by atoms with van der Waals surface area (Å²) in [5.41, 5.74) is 0.415. The number of carbonyl (C=O) groups excluding carboxylic acids is 1.